The van der Waals surface area contributed by atoms with Crippen molar-refractivity contribution in [3.8, 4) is 33.1 Å². The predicted molar refractivity (Wildman–Crippen MR) is 98.5 cm³/mol. The van der Waals surface area contributed by atoms with Gasteiger partial charge in [-0.1, -0.05) is 28.1 Å². The Morgan fingerprint density at radius 3 is 2.39 bits per heavy atom. The van der Waals surface area contributed by atoms with Gasteiger partial charge in [-0.2, -0.15) is 4.37 Å². The van der Waals surface area contributed by atoms with Gasteiger partial charge in [0.05, 0.1) is 19.1 Å². The number of hydrogen-bond donors (Lipinski definition) is 0. The average molecular weight is 390 g/mol. The van der Waals surface area contributed by atoms with Crippen molar-refractivity contribution in [2.24, 2.45) is 0 Å². The van der Waals surface area contributed by atoms with Gasteiger partial charge in [-0.15, -0.1) is 0 Å². The molecule has 3 nitrogen and oxygen atoms in total. The summed E-state index contributed by atoms with van der Waals surface area (Å²) in [5.41, 5.74) is 4.36. The number of aromatic nitrogens is 1. The van der Waals surface area contributed by atoms with E-state index >= 15 is 0 Å². The van der Waals surface area contributed by atoms with Gasteiger partial charge in [0.25, 0.3) is 0 Å². The second kappa shape index (κ2) is 6.72. The fourth-order valence-electron chi connectivity index (χ4n) is 2.56. The van der Waals surface area contributed by atoms with Crippen molar-refractivity contribution < 1.29 is 9.47 Å². The van der Waals surface area contributed by atoms with Crippen LogP contribution >= 0.6 is 27.5 Å². The van der Waals surface area contributed by atoms with Crippen molar-refractivity contribution in [2.75, 3.05) is 14.2 Å². The highest BCUT2D eigenvalue weighted by molar-refractivity contribution is 9.10. The molecular weight excluding hydrogens is 374 g/mol. The normalized spacial score (nSPS) is 10.6. The third kappa shape index (κ3) is 3.12. The summed E-state index contributed by atoms with van der Waals surface area (Å²) in [7, 11) is 3.31. The van der Waals surface area contributed by atoms with E-state index in [2.05, 4.69) is 38.5 Å². The summed E-state index contributed by atoms with van der Waals surface area (Å²) in [5, 5.41) is 0. The van der Waals surface area contributed by atoms with E-state index in [4.69, 9.17) is 9.47 Å². The number of halogens is 1. The first-order valence-electron chi connectivity index (χ1n) is 7.07. The summed E-state index contributed by atoms with van der Waals surface area (Å²) < 4.78 is 16.3. The van der Waals surface area contributed by atoms with Crippen LogP contribution in [0.4, 0.5) is 0 Å². The molecule has 0 atom stereocenters. The van der Waals surface area contributed by atoms with Crippen LogP contribution < -0.4 is 9.47 Å². The quantitative estimate of drug-likeness (QED) is 0.584. The molecule has 0 radical (unpaired) electrons. The van der Waals surface area contributed by atoms with E-state index in [1.807, 2.05) is 31.3 Å². The van der Waals surface area contributed by atoms with Crippen molar-refractivity contribution in [3.63, 3.8) is 0 Å². The highest BCUT2D eigenvalue weighted by Gasteiger charge is 2.15. The summed E-state index contributed by atoms with van der Waals surface area (Å²) in [4.78, 5) is 1.14. The van der Waals surface area contributed by atoms with E-state index in [1.54, 1.807) is 14.2 Å². The molecule has 118 valence electrons. The minimum Gasteiger partial charge on any atom is -0.493 e. The van der Waals surface area contributed by atoms with Gasteiger partial charge in [0.1, 0.15) is 0 Å². The summed E-state index contributed by atoms with van der Waals surface area (Å²) in [5.74, 6) is 1.50. The molecule has 1 aromatic heterocycles. The Bertz CT molecular complexity index is 828. The van der Waals surface area contributed by atoms with Crippen LogP contribution in [-0.2, 0) is 0 Å². The van der Waals surface area contributed by atoms with Crippen LogP contribution in [0.3, 0.4) is 0 Å². The van der Waals surface area contributed by atoms with Crippen LogP contribution in [0.2, 0.25) is 0 Å². The van der Waals surface area contributed by atoms with Gasteiger partial charge in [0.2, 0.25) is 0 Å². The van der Waals surface area contributed by atoms with Crippen molar-refractivity contribution in [1.29, 1.82) is 0 Å². The van der Waals surface area contributed by atoms with Gasteiger partial charge in [-0.25, -0.2) is 0 Å². The molecule has 0 saturated carbocycles. The van der Waals surface area contributed by atoms with Crippen LogP contribution in [0.15, 0.2) is 47.1 Å². The zero-order valence-electron chi connectivity index (χ0n) is 13.1. The van der Waals surface area contributed by atoms with Gasteiger partial charge in [0, 0.05) is 16.2 Å². The summed E-state index contributed by atoms with van der Waals surface area (Å²) >= 11 is 4.97. The number of benzene rings is 2. The lowest BCUT2D eigenvalue weighted by Gasteiger charge is -2.13. The van der Waals surface area contributed by atoms with Gasteiger partial charge < -0.3 is 9.47 Å². The Morgan fingerprint density at radius 2 is 1.74 bits per heavy atom. The summed E-state index contributed by atoms with van der Waals surface area (Å²) in [6.45, 7) is 2.02. The van der Waals surface area contributed by atoms with Crippen LogP contribution in [0.1, 0.15) is 5.56 Å². The van der Waals surface area contributed by atoms with Crippen LogP contribution in [0.25, 0.3) is 21.6 Å². The molecule has 0 aliphatic heterocycles. The Labute approximate surface area is 148 Å². The highest BCUT2D eigenvalue weighted by atomic mass is 79.9. The first-order chi connectivity index (χ1) is 11.1. The molecule has 3 aromatic rings. The lowest BCUT2D eigenvalue weighted by atomic mass is 10.0. The minimum absolute atomic E-state index is 0.732. The molecule has 3 rings (SSSR count). The molecule has 5 heteroatoms. The number of aryl methyl sites for hydroxylation is 1. The minimum atomic E-state index is 0.732. The molecule has 0 bridgehead atoms. The number of ether oxygens (including phenoxy) is 2. The number of hydrogen-bond acceptors (Lipinski definition) is 4. The molecule has 0 saturated heterocycles. The Hall–Kier alpha value is -1.85. The fraction of sp³-hybridized carbons (Fsp3) is 0.167. The van der Waals surface area contributed by atoms with Crippen molar-refractivity contribution in [2.45, 2.75) is 6.92 Å². The van der Waals surface area contributed by atoms with Crippen LogP contribution in [0, 0.1) is 6.92 Å². The SMILES string of the molecule is COc1cc(-c2cnsc2-c2ccc(Br)cc2)cc(C)c1OC. The molecule has 0 fully saturated rings. The number of methoxy groups -OCH3 is 2. The highest BCUT2D eigenvalue weighted by Crippen LogP contribution is 2.40. The third-order valence-electron chi connectivity index (χ3n) is 3.65. The zero-order valence-corrected chi connectivity index (χ0v) is 15.5. The van der Waals surface area contributed by atoms with Crippen molar-refractivity contribution in [1.82, 2.24) is 4.37 Å². The first-order valence-corrected chi connectivity index (χ1v) is 8.64. The Balaban J connectivity index is 2.12. The predicted octanol–water partition coefficient (Wildman–Crippen LogP) is 5.57. The van der Waals surface area contributed by atoms with Crippen molar-refractivity contribution in [3.05, 3.63) is 52.6 Å². The van der Waals surface area contributed by atoms with E-state index in [1.165, 1.54) is 11.5 Å². The maximum Gasteiger partial charge on any atom is 0.163 e. The van der Waals surface area contributed by atoms with Gasteiger partial charge >= 0.3 is 0 Å². The molecule has 0 spiro atoms. The van der Waals surface area contributed by atoms with E-state index in [0.29, 0.717) is 0 Å². The molecule has 1 heterocycles. The molecule has 23 heavy (non-hydrogen) atoms. The van der Waals surface area contributed by atoms with Crippen LogP contribution in [-0.4, -0.2) is 18.6 Å². The second-order valence-corrected chi connectivity index (χ2v) is 6.82. The lowest BCUT2D eigenvalue weighted by molar-refractivity contribution is 0.353. The van der Waals surface area contributed by atoms with Gasteiger partial charge in [-0.05, 0) is 59.4 Å². The van der Waals surface area contributed by atoms with E-state index < -0.39 is 0 Å². The van der Waals surface area contributed by atoms with Crippen molar-refractivity contribution >= 4 is 27.5 Å². The summed E-state index contributed by atoms with van der Waals surface area (Å²) in [6.07, 6.45) is 1.91. The first kappa shape index (κ1) is 16.0. The second-order valence-electron chi connectivity index (χ2n) is 5.10. The monoisotopic (exact) mass is 389 g/mol. The largest absolute Gasteiger partial charge is 0.493 e. The standard InChI is InChI=1S/C18H16BrNO2S/c1-11-8-13(9-16(21-2)17(11)22-3)15-10-20-23-18(15)12-4-6-14(19)7-5-12/h4-10H,1-3H3. The molecule has 0 unspecified atom stereocenters. The maximum absolute atomic E-state index is 5.47. The summed E-state index contributed by atoms with van der Waals surface area (Å²) in [6, 6.07) is 12.4. The van der Waals surface area contributed by atoms with Crippen LogP contribution in [0.5, 0.6) is 11.5 Å². The molecule has 0 N–H and O–H groups in total. The van der Waals surface area contributed by atoms with E-state index in [0.717, 1.165) is 43.1 Å². The average Bonchev–Trinajstić information content (AvgIpc) is 3.04. The van der Waals surface area contributed by atoms with Gasteiger partial charge in [-0.3, -0.25) is 0 Å². The van der Waals surface area contributed by atoms with E-state index in [9.17, 15) is 0 Å². The Kier molecular flexibility index (Phi) is 4.68. The lowest BCUT2D eigenvalue weighted by Crippen LogP contribution is -1.94. The maximum atomic E-state index is 5.47. The number of rotatable bonds is 4. The smallest absolute Gasteiger partial charge is 0.163 e. The zero-order chi connectivity index (χ0) is 16.4. The number of nitrogens with zero attached hydrogens (tertiary/aromatic N) is 1. The molecule has 0 aliphatic carbocycles. The van der Waals surface area contributed by atoms with E-state index in [-0.39, 0.29) is 0 Å². The molecule has 0 aliphatic rings. The molecule has 2 aromatic carbocycles. The molecular formula is C18H16BrNO2S. The van der Waals surface area contributed by atoms with Gasteiger partial charge in [0.15, 0.2) is 11.5 Å². The third-order valence-corrected chi connectivity index (χ3v) is 5.03. The fourth-order valence-corrected chi connectivity index (χ4v) is 3.60. The Morgan fingerprint density at radius 1 is 1.00 bits per heavy atom. The topological polar surface area (TPSA) is 31.4 Å². The molecule has 0 amide bonds.